The Labute approximate surface area is 158 Å². The number of carboxylic acid groups (broad SMARTS) is 1. The zero-order chi connectivity index (χ0) is 19.0. The van der Waals surface area contributed by atoms with Crippen molar-refractivity contribution in [2.24, 2.45) is 0 Å². The first-order chi connectivity index (χ1) is 12.7. The van der Waals surface area contributed by atoms with Gasteiger partial charge in [0.05, 0.1) is 19.3 Å². The molecule has 0 aliphatic carbocycles. The number of unbranched alkanes of at least 4 members (excludes halogenated alkanes) is 11. The lowest BCUT2D eigenvalue weighted by Crippen LogP contribution is -2.02. The Morgan fingerprint density at radius 3 is 1.88 bits per heavy atom. The largest absolute Gasteiger partial charge is 0.493 e. The highest BCUT2D eigenvalue weighted by Crippen LogP contribution is 2.28. The number of benzene rings is 1. The fourth-order valence-electron chi connectivity index (χ4n) is 3.05. The highest BCUT2D eigenvalue weighted by Gasteiger charge is 2.09. The summed E-state index contributed by atoms with van der Waals surface area (Å²) in [6.07, 6.45) is 15.8. The molecule has 1 rings (SSSR count). The maximum Gasteiger partial charge on any atom is 0.335 e. The summed E-state index contributed by atoms with van der Waals surface area (Å²) in [6.45, 7) is 2.90. The topological polar surface area (TPSA) is 55.8 Å². The van der Waals surface area contributed by atoms with E-state index in [-0.39, 0.29) is 5.56 Å². The summed E-state index contributed by atoms with van der Waals surface area (Å²) in [4.78, 5) is 11.0. The predicted octanol–water partition coefficient (Wildman–Crippen LogP) is 6.47. The zero-order valence-electron chi connectivity index (χ0n) is 16.6. The molecule has 0 unspecified atom stereocenters. The lowest BCUT2D eigenvalue weighted by molar-refractivity contribution is 0.0696. The lowest BCUT2D eigenvalue weighted by Gasteiger charge is -2.11. The summed E-state index contributed by atoms with van der Waals surface area (Å²) < 4.78 is 10.9. The third-order valence-corrected chi connectivity index (χ3v) is 4.67. The van der Waals surface area contributed by atoms with E-state index in [1.165, 1.54) is 83.8 Å². The van der Waals surface area contributed by atoms with E-state index in [2.05, 4.69) is 6.92 Å². The molecule has 0 saturated heterocycles. The molecule has 1 aromatic carbocycles. The molecule has 0 amide bonds. The van der Waals surface area contributed by atoms with Crippen LogP contribution < -0.4 is 9.47 Å². The molecule has 0 aliphatic rings. The monoisotopic (exact) mass is 364 g/mol. The van der Waals surface area contributed by atoms with E-state index in [0.717, 1.165) is 6.42 Å². The van der Waals surface area contributed by atoms with Gasteiger partial charge in [0.1, 0.15) is 0 Å². The van der Waals surface area contributed by atoms with Crippen LogP contribution in [0.15, 0.2) is 18.2 Å². The van der Waals surface area contributed by atoms with E-state index in [0.29, 0.717) is 18.1 Å². The molecule has 0 fully saturated rings. The highest BCUT2D eigenvalue weighted by atomic mass is 16.5. The van der Waals surface area contributed by atoms with Gasteiger partial charge in [0, 0.05) is 0 Å². The molecule has 0 atom stereocenters. The third kappa shape index (κ3) is 9.69. The molecule has 26 heavy (non-hydrogen) atoms. The maximum atomic E-state index is 11.0. The number of rotatable bonds is 16. The van der Waals surface area contributed by atoms with Crippen LogP contribution in [0.3, 0.4) is 0 Å². The number of carboxylic acids is 1. The van der Waals surface area contributed by atoms with Gasteiger partial charge in [0.2, 0.25) is 0 Å². The second kappa shape index (κ2) is 14.5. The summed E-state index contributed by atoms with van der Waals surface area (Å²) in [5.41, 5.74) is 0.208. The molecule has 1 N–H and O–H groups in total. The van der Waals surface area contributed by atoms with Crippen LogP contribution in [0.1, 0.15) is 94.3 Å². The fourth-order valence-corrected chi connectivity index (χ4v) is 3.05. The number of hydrogen-bond acceptors (Lipinski definition) is 3. The van der Waals surface area contributed by atoms with E-state index < -0.39 is 5.97 Å². The van der Waals surface area contributed by atoms with Gasteiger partial charge >= 0.3 is 5.97 Å². The highest BCUT2D eigenvalue weighted by molar-refractivity contribution is 5.88. The van der Waals surface area contributed by atoms with Crippen molar-refractivity contribution in [2.75, 3.05) is 13.7 Å². The van der Waals surface area contributed by atoms with Gasteiger partial charge in [-0.25, -0.2) is 4.79 Å². The first-order valence-electron chi connectivity index (χ1n) is 10.2. The molecule has 0 bridgehead atoms. The molecule has 0 aromatic heterocycles. The number of aromatic carboxylic acids is 1. The van der Waals surface area contributed by atoms with Crippen molar-refractivity contribution in [3.05, 3.63) is 23.8 Å². The van der Waals surface area contributed by atoms with Crippen LogP contribution in [-0.2, 0) is 0 Å². The molecule has 0 saturated carbocycles. The van der Waals surface area contributed by atoms with Gasteiger partial charge in [-0.05, 0) is 24.6 Å². The van der Waals surface area contributed by atoms with E-state index in [4.69, 9.17) is 14.6 Å². The minimum Gasteiger partial charge on any atom is -0.493 e. The van der Waals surface area contributed by atoms with Crippen LogP contribution >= 0.6 is 0 Å². The maximum absolute atomic E-state index is 11.0. The van der Waals surface area contributed by atoms with Crippen LogP contribution in [0.4, 0.5) is 0 Å². The third-order valence-electron chi connectivity index (χ3n) is 4.67. The Morgan fingerprint density at radius 1 is 0.846 bits per heavy atom. The van der Waals surface area contributed by atoms with Gasteiger partial charge in [0.15, 0.2) is 11.5 Å². The van der Waals surface area contributed by atoms with Crippen molar-refractivity contribution in [1.82, 2.24) is 0 Å². The normalized spacial score (nSPS) is 10.7. The predicted molar refractivity (Wildman–Crippen MR) is 107 cm³/mol. The van der Waals surface area contributed by atoms with Gasteiger partial charge in [-0.2, -0.15) is 0 Å². The molecule has 0 aliphatic heterocycles. The quantitative estimate of drug-likeness (QED) is 0.341. The summed E-state index contributed by atoms with van der Waals surface area (Å²) in [5, 5.41) is 9.00. The average molecular weight is 365 g/mol. The molecule has 0 radical (unpaired) electrons. The van der Waals surface area contributed by atoms with Crippen molar-refractivity contribution >= 4 is 5.97 Å². The van der Waals surface area contributed by atoms with E-state index >= 15 is 0 Å². The number of ether oxygens (including phenoxy) is 2. The Morgan fingerprint density at radius 2 is 1.38 bits per heavy atom. The first kappa shape index (κ1) is 22.3. The molecular formula is C22H36O4. The SMILES string of the molecule is CCCCCCCCCCCCCCOc1ccc(C(=O)O)cc1OC. The second-order valence-electron chi connectivity index (χ2n) is 6.91. The Hall–Kier alpha value is -1.71. The second-order valence-corrected chi connectivity index (χ2v) is 6.91. The standard InChI is InChI=1S/C22H36O4/c1-3-4-5-6-7-8-9-10-11-12-13-14-17-26-20-16-15-19(22(23)24)18-21(20)25-2/h15-16,18H,3-14,17H2,1-2H3,(H,23,24). The van der Waals surface area contributed by atoms with Crippen LogP contribution in [0, 0.1) is 0 Å². The van der Waals surface area contributed by atoms with Gasteiger partial charge in [-0.3, -0.25) is 0 Å². The van der Waals surface area contributed by atoms with Crippen LogP contribution in [0.2, 0.25) is 0 Å². The molecule has 4 heteroatoms. The van der Waals surface area contributed by atoms with E-state index in [9.17, 15) is 4.79 Å². The molecule has 0 heterocycles. The van der Waals surface area contributed by atoms with E-state index in [1.807, 2.05) is 0 Å². The minimum atomic E-state index is -0.962. The van der Waals surface area contributed by atoms with Crippen LogP contribution in [0.25, 0.3) is 0 Å². The smallest absolute Gasteiger partial charge is 0.335 e. The zero-order valence-corrected chi connectivity index (χ0v) is 16.6. The summed E-state index contributed by atoms with van der Waals surface area (Å²) >= 11 is 0. The van der Waals surface area contributed by atoms with Gasteiger partial charge in [-0.15, -0.1) is 0 Å². The summed E-state index contributed by atoms with van der Waals surface area (Å²) in [5.74, 6) is 0.125. The Kier molecular flexibility index (Phi) is 12.4. The molecule has 0 spiro atoms. The molecule has 1 aromatic rings. The van der Waals surface area contributed by atoms with Crippen molar-refractivity contribution < 1.29 is 19.4 Å². The van der Waals surface area contributed by atoms with Crippen molar-refractivity contribution in [3.8, 4) is 11.5 Å². The minimum absolute atomic E-state index is 0.208. The Balaban J connectivity index is 2.03. The van der Waals surface area contributed by atoms with Crippen LogP contribution in [-0.4, -0.2) is 24.8 Å². The number of carbonyl (C=O) groups is 1. The summed E-state index contributed by atoms with van der Waals surface area (Å²) in [6, 6.07) is 4.71. The van der Waals surface area contributed by atoms with Gasteiger partial charge in [0.25, 0.3) is 0 Å². The molecule has 4 nitrogen and oxygen atoms in total. The molecular weight excluding hydrogens is 328 g/mol. The summed E-state index contributed by atoms with van der Waals surface area (Å²) in [7, 11) is 1.53. The van der Waals surface area contributed by atoms with E-state index in [1.54, 1.807) is 12.1 Å². The van der Waals surface area contributed by atoms with Gasteiger partial charge < -0.3 is 14.6 Å². The first-order valence-corrected chi connectivity index (χ1v) is 10.2. The van der Waals surface area contributed by atoms with Crippen molar-refractivity contribution in [3.63, 3.8) is 0 Å². The number of methoxy groups -OCH3 is 1. The molecule has 148 valence electrons. The van der Waals surface area contributed by atoms with Crippen molar-refractivity contribution in [1.29, 1.82) is 0 Å². The lowest BCUT2D eigenvalue weighted by atomic mass is 10.1. The average Bonchev–Trinajstić information content (AvgIpc) is 2.65. The van der Waals surface area contributed by atoms with Crippen molar-refractivity contribution in [2.45, 2.75) is 84.0 Å². The number of hydrogen-bond donors (Lipinski definition) is 1. The Bertz CT molecular complexity index is 499. The van der Waals surface area contributed by atoms with Gasteiger partial charge in [-0.1, -0.05) is 77.6 Å². The van der Waals surface area contributed by atoms with Crippen LogP contribution in [0.5, 0.6) is 11.5 Å². The fraction of sp³-hybridized carbons (Fsp3) is 0.682.